The monoisotopic (exact) mass is 1060 g/mol. The van der Waals surface area contributed by atoms with Crippen molar-refractivity contribution >= 4 is 17.9 Å². The van der Waals surface area contributed by atoms with Gasteiger partial charge in [-0.05, 0) is 57.8 Å². The van der Waals surface area contributed by atoms with E-state index in [0.717, 1.165) is 89.9 Å². The Morgan fingerprint density at radius 3 is 0.803 bits per heavy atom. The Labute approximate surface area is 473 Å². The van der Waals surface area contributed by atoms with Crippen molar-refractivity contribution in [1.29, 1.82) is 0 Å². The molecule has 0 saturated carbocycles. The number of allylic oxidation sites excluding steroid dienone is 8. The summed E-state index contributed by atoms with van der Waals surface area (Å²) < 4.78 is 16.8. The lowest BCUT2D eigenvalue weighted by Gasteiger charge is -2.18. The largest absolute Gasteiger partial charge is 0.462 e. The maximum atomic E-state index is 12.8. The van der Waals surface area contributed by atoms with E-state index in [9.17, 15) is 14.4 Å². The molecule has 0 bridgehead atoms. The number of hydrogen-bond acceptors (Lipinski definition) is 6. The normalized spacial score (nSPS) is 12.3. The van der Waals surface area contributed by atoms with E-state index in [1.54, 1.807) is 0 Å². The highest BCUT2D eigenvalue weighted by molar-refractivity contribution is 5.71. The Bertz CT molecular complexity index is 1310. The van der Waals surface area contributed by atoms with Crippen LogP contribution in [0.15, 0.2) is 48.6 Å². The van der Waals surface area contributed by atoms with E-state index in [1.165, 1.54) is 231 Å². The third-order valence-electron chi connectivity index (χ3n) is 15.1. The third-order valence-corrected chi connectivity index (χ3v) is 15.1. The number of rotatable bonds is 62. The van der Waals surface area contributed by atoms with Gasteiger partial charge in [0.25, 0.3) is 0 Å². The van der Waals surface area contributed by atoms with Gasteiger partial charge in [-0.2, -0.15) is 0 Å². The van der Waals surface area contributed by atoms with Crippen molar-refractivity contribution in [2.24, 2.45) is 0 Å². The first-order chi connectivity index (χ1) is 37.5. The molecule has 0 aliphatic rings. The highest BCUT2D eigenvalue weighted by Gasteiger charge is 2.19. The third kappa shape index (κ3) is 62.2. The van der Waals surface area contributed by atoms with Gasteiger partial charge in [0.05, 0.1) is 0 Å². The van der Waals surface area contributed by atoms with Crippen LogP contribution in [-0.4, -0.2) is 37.2 Å². The molecular weight excluding hydrogens is 937 g/mol. The van der Waals surface area contributed by atoms with Gasteiger partial charge in [0, 0.05) is 19.3 Å². The van der Waals surface area contributed by atoms with Crippen molar-refractivity contribution in [3.05, 3.63) is 48.6 Å². The molecule has 6 heteroatoms. The molecular formula is C70H128O6. The maximum Gasteiger partial charge on any atom is 0.306 e. The van der Waals surface area contributed by atoms with Crippen LogP contribution in [0.3, 0.4) is 0 Å². The Morgan fingerprint density at radius 2 is 0.513 bits per heavy atom. The molecule has 0 saturated heterocycles. The number of hydrogen-bond donors (Lipinski definition) is 0. The Balaban J connectivity index is 3.97. The van der Waals surface area contributed by atoms with E-state index in [4.69, 9.17) is 14.2 Å². The van der Waals surface area contributed by atoms with Gasteiger partial charge in [0.1, 0.15) is 13.2 Å². The van der Waals surface area contributed by atoms with Gasteiger partial charge in [-0.15, -0.1) is 0 Å². The second-order valence-corrected chi connectivity index (χ2v) is 22.7. The van der Waals surface area contributed by atoms with Gasteiger partial charge >= 0.3 is 17.9 Å². The molecule has 0 heterocycles. The van der Waals surface area contributed by atoms with Gasteiger partial charge in [-0.1, -0.05) is 333 Å². The van der Waals surface area contributed by atoms with E-state index in [1.807, 2.05) is 0 Å². The van der Waals surface area contributed by atoms with Gasteiger partial charge in [-0.25, -0.2) is 0 Å². The molecule has 0 spiro atoms. The topological polar surface area (TPSA) is 78.9 Å². The number of carbonyl (C=O) groups is 3. The second-order valence-electron chi connectivity index (χ2n) is 22.7. The van der Waals surface area contributed by atoms with Crippen LogP contribution < -0.4 is 0 Å². The quantitative estimate of drug-likeness (QED) is 0.0261. The first-order valence-corrected chi connectivity index (χ1v) is 33.6. The molecule has 0 aliphatic carbocycles. The summed E-state index contributed by atoms with van der Waals surface area (Å²) in [6, 6.07) is 0. The van der Waals surface area contributed by atoms with Crippen LogP contribution in [0.25, 0.3) is 0 Å². The lowest BCUT2D eigenvalue weighted by atomic mass is 10.0. The van der Waals surface area contributed by atoms with Crippen molar-refractivity contribution < 1.29 is 28.6 Å². The summed E-state index contributed by atoms with van der Waals surface area (Å²) in [5, 5.41) is 0. The fraction of sp³-hybridized carbons (Fsp3) is 0.843. The number of ether oxygens (including phenoxy) is 3. The summed E-state index contributed by atoms with van der Waals surface area (Å²) in [6.45, 7) is 6.52. The smallest absolute Gasteiger partial charge is 0.306 e. The van der Waals surface area contributed by atoms with Crippen LogP contribution in [0.4, 0.5) is 0 Å². The van der Waals surface area contributed by atoms with E-state index < -0.39 is 6.10 Å². The summed E-state index contributed by atoms with van der Waals surface area (Å²) in [6.07, 6.45) is 81.8. The number of carbonyl (C=O) groups excluding carboxylic acids is 3. The molecule has 0 rings (SSSR count). The van der Waals surface area contributed by atoms with Crippen LogP contribution in [0, 0.1) is 0 Å². The lowest BCUT2D eigenvalue weighted by Crippen LogP contribution is -2.30. The molecule has 0 aliphatic heterocycles. The van der Waals surface area contributed by atoms with Crippen LogP contribution in [0.5, 0.6) is 0 Å². The van der Waals surface area contributed by atoms with Crippen molar-refractivity contribution in [3.63, 3.8) is 0 Å². The van der Waals surface area contributed by atoms with Crippen molar-refractivity contribution in [2.75, 3.05) is 13.2 Å². The predicted molar refractivity (Wildman–Crippen MR) is 330 cm³/mol. The van der Waals surface area contributed by atoms with Gasteiger partial charge in [0.15, 0.2) is 6.10 Å². The molecule has 444 valence electrons. The molecule has 0 fully saturated rings. The van der Waals surface area contributed by atoms with E-state index in [-0.39, 0.29) is 31.1 Å². The SMILES string of the molecule is CC/C=C\C/C=C\C/C=C\C/C=C\CCCCCCCCCCC(=O)OC(COC(=O)CCCCCCCC)COC(=O)CCCCCCCCCCCCCCCCCCCCCCCCCCCCCCCCC. The standard InChI is InChI=1S/C70H128O6/c1-4-7-10-13-16-18-20-22-24-26-28-30-31-32-33-34-35-36-37-38-39-41-42-44-46-48-50-52-54-57-60-63-69(72)75-66-67(65-74-68(71)62-59-56-15-12-9-6-3)76-70(73)64-61-58-55-53-51-49-47-45-43-40-29-27-25-23-21-19-17-14-11-8-5-2/h8,11,17,19,23,25,29,40,67H,4-7,9-10,12-16,18,20-22,24,26-28,30-39,41-66H2,1-3H3/b11-8-,19-17-,25-23-,40-29-. The first-order valence-electron chi connectivity index (χ1n) is 33.6. The number of unbranched alkanes of at least 4 members (excludes halogenated alkanes) is 43. The van der Waals surface area contributed by atoms with Gasteiger partial charge in [-0.3, -0.25) is 14.4 Å². The van der Waals surface area contributed by atoms with Crippen molar-refractivity contribution in [1.82, 2.24) is 0 Å². The molecule has 6 nitrogen and oxygen atoms in total. The summed E-state index contributed by atoms with van der Waals surface area (Å²) >= 11 is 0. The highest BCUT2D eigenvalue weighted by Crippen LogP contribution is 2.18. The summed E-state index contributed by atoms with van der Waals surface area (Å²) in [5.74, 6) is -0.872. The van der Waals surface area contributed by atoms with E-state index in [0.29, 0.717) is 19.3 Å². The Morgan fingerprint density at radius 1 is 0.276 bits per heavy atom. The van der Waals surface area contributed by atoms with Crippen LogP contribution in [0.1, 0.15) is 361 Å². The van der Waals surface area contributed by atoms with Crippen LogP contribution >= 0.6 is 0 Å². The van der Waals surface area contributed by atoms with Crippen LogP contribution in [0.2, 0.25) is 0 Å². The summed E-state index contributed by atoms with van der Waals surface area (Å²) in [4.78, 5) is 38.0. The zero-order valence-electron chi connectivity index (χ0n) is 51.0. The molecule has 0 aromatic carbocycles. The van der Waals surface area contributed by atoms with Gasteiger partial charge < -0.3 is 14.2 Å². The Kier molecular flexibility index (Phi) is 62.6. The lowest BCUT2D eigenvalue weighted by molar-refractivity contribution is -0.167. The van der Waals surface area contributed by atoms with Crippen molar-refractivity contribution in [2.45, 2.75) is 367 Å². The van der Waals surface area contributed by atoms with Crippen molar-refractivity contribution in [3.8, 4) is 0 Å². The molecule has 0 N–H and O–H groups in total. The van der Waals surface area contributed by atoms with E-state index >= 15 is 0 Å². The molecule has 0 aromatic rings. The molecule has 0 aromatic heterocycles. The zero-order valence-corrected chi connectivity index (χ0v) is 51.0. The number of esters is 3. The van der Waals surface area contributed by atoms with E-state index in [2.05, 4.69) is 69.4 Å². The minimum atomic E-state index is -0.773. The molecule has 1 atom stereocenters. The zero-order chi connectivity index (χ0) is 55.0. The van der Waals surface area contributed by atoms with Crippen LogP contribution in [-0.2, 0) is 28.6 Å². The fourth-order valence-electron chi connectivity index (χ4n) is 10.1. The second kappa shape index (κ2) is 64.9. The molecule has 1 unspecified atom stereocenters. The predicted octanol–water partition coefficient (Wildman–Crippen LogP) is 22.9. The summed E-state index contributed by atoms with van der Waals surface area (Å²) in [5.41, 5.74) is 0. The maximum absolute atomic E-state index is 12.8. The molecule has 0 radical (unpaired) electrons. The first kappa shape index (κ1) is 73.4. The minimum absolute atomic E-state index is 0.0727. The fourth-order valence-corrected chi connectivity index (χ4v) is 10.1. The average Bonchev–Trinajstić information content (AvgIpc) is 3.42. The Hall–Kier alpha value is -2.63. The minimum Gasteiger partial charge on any atom is -0.462 e. The summed E-state index contributed by atoms with van der Waals surface area (Å²) in [7, 11) is 0. The molecule has 0 amide bonds. The molecule has 76 heavy (non-hydrogen) atoms. The average molecular weight is 1070 g/mol. The van der Waals surface area contributed by atoms with Gasteiger partial charge in [0.2, 0.25) is 0 Å². The highest BCUT2D eigenvalue weighted by atomic mass is 16.6.